The zero-order valence-corrected chi connectivity index (χ0v) is 11.3. The van der Waals surface area contributed by atoms with Crippen LogP contribution >= 0.6 is 11.6 Å². The van der Waals surface area contributed by atoms with E-state index in [0.29, 0.717) is 28.4 Å². The maximum absolute atomic E-state index is 12.4. The molecule has 5 nitrogen and oxygen atoms in total. The van der Waals surface area contributed by atoms with Crippen molar-refractivity contribution in [3.63, 3.8) is 0 Å². The van der Waals surface area contributed by atoms with Crippen LogP contribution in [-0.2, 0) is 13.6 Å². The molecule has 1 aliphatic rings. The van der Waals surface area contributed by atoms with Gasteiger partial charge in [0.15, 0.2) is 0 Å². The molecule has 0 bridgehead atoms. The van der Waals surface area contributed by atoms with Crippen molar-refractivity contribution in [1.29, 1.82) is 0 Å². The summed E-state index contributed by atoms with van der Waals surface area (Å²) in [6, 6.07) is 5.12. The minimum atomic E-state index is -0.308. The number of fused-ring (bicyclic) bond motifs is 1. The minimum absolute atomic E-state index is 0.257. The van der Waals surface area contributed by atoms with Gasteiger partial charge in [-0.15, -0.1) is 0 Å². The number of halogens is 1. The number of nitrogens with one attached hydrogen (secondary N) is 1. The number of aromatic nitrogens is 2. The molecular formula is C13H14ClN3O2. The van der Waals surface area contributed by atoms with Crippen molar-refractivity contribution < 1.29 is 0 Å². The maximum atomic E-state index is 12.4. The maximum Gasteiger partial charge on any atom is 0.331 e. The number of hydrogen-bond donors (Lipinski definition) is 1. The molecule has 100 valence electrons. The predicted molar refractivity (Wildman–Crippen MR) is 74.8 cm³/mol. The smallest absolute Gasteiger partial charge is 0.316 e. The summed E-state index contributed by atoms with van der Waals surface area (Å²) in [7, 11) is 1.64. The largest absolute Gasteiger partial charge is 0.331 e. The van der Waals surface area contributed by atoms with Gasteiger partial charge >= 0.3 is 5.69 Å². The van der Waals surface area contributed by atoms with E-state index in [1.807, 2.05) is 0 Å². The van der Waals surface area contributed by atoms with Crippen molar-refractivity contribution in [1.82, 2.24) is 14.5 Å². The number of hydrogen-bond acceptors (Lipinski definition) is 3. The SMILES string of the molecule is Cn1c(=O)n(CC2CNC2)c(=O)c2cccc(Cl)c21. The standard InChI is InChI=1S/C13H14ClN3O2/c1-16-11-9(3-2-4-10(11)14)12(18)17(13(16)19)7-8-5-15-6-8/h2-4,8,15H,5-7H2,1H3. The van der Waals surface area contributed by atoms with E-state index in [4.69, 9.17) is 11.6 Å². The fraction of sp³-hybridized carbons (Fsp3) is 0.385. The topological polar surface area (TPSA) is 56.0 Å². The number of nitrogens with zero attached hydrogens (tertiary/aromatic N) is 2. The Labute approximate surface area is 114 Å². The van der Waals surface area contributed by atoms with Crippen LogP contribution in [-0.4, -0.2) is 22.2 Å². The molecule has 0 amide bonds. The molecule has 0 saturated carbocycles. The molecule has 0 spiro atoms. The van der Waals surface area contributed by atoms with Gasteiger partial charge in [0.2, 0.25) is 0 Å². The number of aryl methyl sites for hydroxylation is 1. The lowest BCUT2D eigenvalue weighted by Gasteiger charge is -2.27. The van der Waals surface area contributed by atoms with Crippen LogP contribution in [0.25, 0.3) is 10.9 Å². The van der Waals surface area contributed by atoms with E-state index in [2.05, 4.69) is 5.32 Å². The van der Waals surface area contributed by atoms with Crippen LogP contribution in [0.4, 0.5) is 0 Å². The monoisotopic (exact) mass is 279 g/mol. The fourth-order valence-corrected chi connectivity index (χ4v) is 2.74. The lowest BCUT2D eigenvalue weighted by Crippen LogP contribution is -2.49. The first kappa shape index (κ1) is 12.4. The van der Waals surface area contributed by atoms with Gasteiger partial charge in [0.1, 0.15) is 0 Å². The van der Waals surface area contributed by atoms with Gasteiger partial charge in [0.05, 0.1) is 15.9 Å². The van der Waals surface area contributed by atoms with E-state index in [-0.39, 0.29) is 11.2 Å². The highest BCUT2D eigenvalue weighted by Crippen LogP contribution is 2.19. The summed E-state index contributed by atoms with van der Waals surface area (Å²) in [5.41, 5.74) is -0.0628. The molecular weight excluding hydrogens is 266 g/mol. The summed E-state index contributed by atoms with van der Waals surface area (Å²) in [4.78, 5) is 24.7. The van der Waals surface area contributed by atoms with E-state index in [9.17, 15) is 9.59 Å². The predicted octanol–water partition coefficient (Wildman–Crippen LogP) is 0.573. The van der Waals surface area contributed by atoms with E-state index >= 15 is 0 Å². The first-order valence-electron chi connectivity index (χ1n) is 6.18. The van der Waals surface area contributed by atoms with Crippen molar-refractivity contribution in [2.45, 2.75) is 6.54 Å². The number of para-hydroxylation sites is 1. The molecule has 2 heterocycles. The van der Waals surface area contributed by atoms with Gasteiger partial charge < -0.3 is 5.32 Å². The van der Waals surface area contributed by atoms with E-state index in [0.717, 1.165) is 13.1 Å². The molecule has 1 aliphatic heterocycles. The van der Waals surface area contributed by atoms with E-state index < -0.39 is 0 Å². The Bertz CT molecular complexity index is 759. The first-order valence-corrected chi connectivity index (χ1v) is 6.56. The Morgan fingerprint density at radius 3 is 2.74 bits per heavy atom. The molecule has 0 aliphatic carbocycles. The molecule has 2 aromatic rings. The van der Waals surface area contributed by atoms with Gasteiger partial charge in [-0.1, -0.05) is 17.7 Å². The summed E-state index contributed by atoms with van der Waals surface area (Å²) in [5.74, 6) is 0.349. The highest BCUT2D eigenvalue weighted by molar-refractivity contribution is 6.35. The minimum Gasteiger partial charge on any atom is -0.316 e. The third-order valence-electron chi connectivity index (χ3n) is 3.62. The van der Waals surface area contributed by atoms with Crippen molar-refractivity contribution in [3.05, 3.63) is 44.1 Å². The average Bonchev–Trinajstić information content (AvgIpc) is 2.34. The molecule has 3 rings (SSSR count). The third-order valence-corrected chi connectivity index (χ3v) is 3.93. The van der Waals surface area contributed by atoms with Crippen LogP contribution in [0, 0.1) is 5.92 Å². The molecule has 6 heteroatoms. The zero-order chi connectivity index (χ0) is 13.6. The molecule has 1 aromatic heterocycles. The summed E-state index contributed by atoms with van der Waals surface area (Å²) < 4.78 is 2.76. The Balaban J connectivity index is 2.29. The van der Waals surface area contributed by atoms with Crippen molar-refractivity contribution in [2.24, 2.45) is 13.0 Å². The Hall–Kier alpha value is -1.59. The van der Waals surface area contributed by atoms with Gasteiger partial charge in [-0.2, -0.15) is 0 Å². The molecule has 0 radical (unpaired) electrons. The molecule has 1 fully saturated rings. The first-order chi connectivity index (χ1) is 9.09. The molecule has 0 unspecified atom stereocenters. The van der Waals surface area contributed by atoms with Gasteiger partial charge in [-0.05, 0) is 12.1 Å². The van der Waals surface area contributed by atoms with Crippen molar-refractivity contribution in [2.75, 3.05) is 13.1 Å². The summed E-state index contributed by atoms with van der Waals surface area (Å²) in [5, 5.41) is 4.05. The normalized spacial score (nSPS) is 15.7. The lowest BCUT2D eigenvalue weighted by atomic mass is 10.0. The van der Waals surface area contributed by atoms with Crippen LogP contribution < -0.4 is 16.6 Å². The van der Waals surface area contributed by atoms with Crippen LogP contribution in [0.1, 0.15) is 0 Å². The van der Waals surface area contributed by atoms with Crippen molar-refractivity contribution in [3.8, 4) is 0 Å². The zero-order valence-electron chi connectivity index (χ0n) is 10.5. The van der Waals surface area contributed by atoms with Gasteiger partial charge in [0.25, 0.3) is 5.56 Å². The van der Waals surface area contributed by atoms with Crippen LogP contribution in [0.3, 0.4) is 0 Å². The quantitative estimate of drug-likeness (QED) is 0.875. The second kappa shape index (κ2) is 4.51. The third kappa shape index (κ3) is 1.89. The summed E-state index contributed by atoms with van der Waals surface area (Å²) in [6.07, 6.45) is 0. The fourth-order valence-electron chi connectivity index (χ4n) is 2.43. The lowest BCUT2D eigenvalue weighted by molar-refractivity contribution is 0.298. The molecule has 1 saturated heterocycles. The number of benzene rings is 1. The van der Waals surface area contributed by atoms with Gasteiger partial charge in [-0.25, -0.2) is 4.79 Å². The van der Waals surface area contributed by atoms with E-state index in [1.165, 1.54) is 9.13 Å². The summed E-state index contributed by atoms with van der Waals surface area (Å²) >= 11 is 6.08. The summed E-state index contributed by atoms with van der Waals surface area (Å²) in [6.45, 7) is 2.16. The highest BCUT2D eigenvalue weighted by atomic mass is 35.5. The van der Waals surface area contributed by atoms with Gasteiger partial charge in [0, 0.05) is 32.6 Å². The Morgan fingerprint density at radius 2 is 2.11 bits per heavy atom. The molecule has 19 heavy (non-hydrogen) atoms. The molecule has 0 atom stereocenters. The molecule has 1 aromatic carbocycles. The van der Waals surface area contributed by atoms with Crippen LogP contribution in [0.5, 0.6) is 0 Å². The average molecular weight is 280 g/mol. The van der Waals surface area contributed by atoms with Crippen molar-refractivity contribution >= 4 is 22.5 Å². The molecule has 1 N–H and O–H groups in total. The van der Waals surface area contributed by atoms with Crippen LogP contribution in [0.15, 0.2) is 27.8 Å². The number of rotatable bonds is 2. The second-order valence-electron chi connectivity index (χ2n) is 4.92. The van der Waals surface area contributed by atoms with Gasteiger partial charge in [-0.3, -0.25) is 13.9 Å². The second-order valence-corrected chi connectivity index (χ2v) is 5.32. The Kier molecular flexibility index (Phi) is 2.95. The van der Waals surface area contributed by atoms with Crippen LogP contribution in [0.2, 0.25) is 5.02 Å². The highest BCUT2D eigenvalue weighted by Gasteiger charge is 2.21. The Morgan fingerprint density at radius 1 is 1.37 bits per heavy atom. The van der Waals surface area contributed by atoms with E-state index in [1.54, 1.807) is 25.2 Å².